The lowest BCUT2D eigenvalue weighted by Crippen LogP contribution is -2.25. The number of amides is 2. The highest BCUT2D eigenvalue weighted by molar-refractivity contribution is 5.97. The second kappa shape index (κ2) is 5.87. The Labute approximate surface area is 119 Å². The number of nitrogens with one attached hydrogen (secondary N) is 1. The number of carbonyl (C=O) groups excluding carboxylic acids is 1. The minimum Gasteiger partial charge on any atom is -0.454 e. The summed E-state index contributed by atoms with van der Waals surface area (Å²) in [6.45, 7) is 1.61. The van der Waals surface area contributed by atoms with Crippen molar-refractivity contribution in [3.63, 3.8) is 0 Å². The maximum atomic E-state index is 11.0. The normalized spacial score (nSPS) is 11.2. The van der Waals surface area contributed by atoms with Crippen LogP contribution in [0.1, 0.15) is 12.7 Å². The molecule has 21 heavy (non-hydrogen) atoms. The molecule has 108 valence electrons. The molecule has 0 spiro atoms. The number of nitrogens with zero attached hydrogens (tertiary/aromatic N) is 2. The lowest BCUT2D eigenvalue weighted by atomic mass is 10.1. The number of primary amides is 1. The molecule has 1 heterocycles. The number of furan rings is 1. The number of nitro groups is 1. The molecular formula is C13H12N4O4. The molecule has 0 radical (unpaired) electrons. The average molecular weight is 288 g/mol. The third-order valence-electron chi connectivity index (χ3n) is 2.66. The number of urea groups is 1. The van der Waals surface area contributed by atoms with Crippen LogP contribution in [0.2, 0.25) is 0 Å². The highest BCUT2D eigenvalue weighted by Gasteiger charge is 2.17. The van der Waals surface area contributed by atoms with Crippen molar-refractivity contribution >= 4 is 17.4 Å². The van der Waals surface area contributed by atoms with Crippen LogP contribution in [-0.4, -0.2) is 16.7 Å². The van der Waals surface area contributed by atoms with Crippen LogP contribution in [-0.2, 0) is 0 Å². The van der Waals surface area contributed by atoms with Crippen molar-refractivity contribution in [2.45, 2.75) is 6.92 Å². The Morgan fingerprint density at radius 3 is 2.71 bits per heavy atom. The van der Waals surface area contributed by atoms with Gasteiger partial charge in [0.2, 0.25) is 0 Å². The summed E-state index contributed by atoms with van der Waals surface area (Å²) < 4.78 is 5.53. The maximum Gasteiger partial charge on any atom is 0.332 e. The number of nitro benzene ring substituents is 1. The van der Waals surface area contributed by atoms with E-state index in [4.69, 9.17) is 10.2 Å². The number of rotatable bonds is 4. The summed E-state index contributed by atoms with van der Waals surface area (Å²) in [5.41, 5.74) is 7.69. The molecule has 0 unspecified atom stereocenters. The zero-order chi connectivity index (χ0) is 15.4. The Bertz CT molecular complexity index is 720. The Morgan fingerprint density at radius 1 is 1.33 bits per heavy atom. The Morgan fingerprint density at radius 2 is 2.05 bits per heavy atom. The first-order valence-electron chi connectivity index (χ1n) is 5.93. The highest BCUT2D eigenvalue weighted by atomic mass is 16.6. The maximum absolute atomic E-state index is 11.0. The summed E-state index contributed by atoms with van der Waals surface area (Å²) >= 11 is 0. The van der Waals surface area contributed by atoms with Gasteiger partial charge in [0.15, 0.2) is 5.76 Å². The molecular weight excluding hydrogens is 276 g/mol. The molecule has 0 fully saturated rings. The zero-order valence-corrected chi connectivity index (χ0v) is 11.1. The van der Waals surface area contributed by atoms with Gasteiger partial charge in [-0.2, -0.15) is 5.10 Å². The van der Waals surface area contributed by atoms with E-state index < -0.39 is 11.0 Å². The predicted molar refractivity (Wildman–Crippen MR) is 75.7 cm³/mol. The van der Waals surface area contributed by atoms with Crippen LogP contribution in [0.15, 0.2) is 45.9 Å². The Hall–Kier alpha value is -3.16. The Balaban J connectivity index is 2.35. The van der Waals surface area contributed by atoms with Crippen LogP contribution >= 0.6 is 0 Å². The minimum absolute atomic E-state index is 0.0525. The number of hydrogen-bond acceptors (Lipinski definition) is 5. The van der Waals surface area contributed by atoms with Crippen molar-refractivity contribution in [3.8, 4) is 11.3 Å². The van der Waals surface area contributed by atoms with Gasteiger partial charge >= 0.3 is 6.03 Å². The first kappa shape index (κ1) is 14.3. The molecule has 0 aliphatic carbocycles. The number of carbonyl (C=O) groups is 1. The van der Waals surface area contributed by atoms with Gasteiger partial charge in [-0.05, 0) is 25.1 Å². The molecule has 0 aliphatic heterocycles. The lowest BCUT2D eigenvalue weighted by Gasteiger charge is -2.00. The number of para-hydroxylation sites is 1. The fraction of sp³-hybridized carbons (Fsp3) is 0.0769. The predicted octanol–water partition coefficient (Wildman–Crippen LogP) is 2.25. The first-order valence-corrected chi connectivity index (χ1v) is 5.93. The molecule has 0 aliphatic rings. The average Bonchev–Trinajstić information content (AvgIpc) is 2.94. The second-order valence-corrected chi connectivity index (χ2v) is 4.11. The third kappa shape index (κ3) is 3.24. The molecule has 2 aromatic rings. The van der Waals surface area contributed by atoms with Crippen LogP contribution < -0.4 is 11.2 Å². The standard InChI is InChI=1S/C13H12N4O4/c1-8(15-16-13(14)18)11-6-7-12(21-11)9-4-2-3-5-10(9)17(19)20/h2-7H,1H3,(H3,14,16,18). The largest absolute Gasteiger partial charge is 0.454 e. The summed E-state index contributed by atoms with van der Waals surface area (Å²) in [5, 5.41) is 14.7. The van der Waals surface area contributed by atoms with Crippen LogP contribution in [0.25, 0.3) is 11.3 Å². The van der Waals surface area contributed by atoms with Gasteiger partial charge in [-0.3, -0.25) is 10.1 Å². The molecule has 0 bridgehead atoms. The molecule has 3 N–H and O–H groups in total. The fourth-order valence-corrected chi connectivity index (χ4v) is 1.71. The third-order valence-corrected chi connectivity index (χ3v) is 2.66. The Kier molecular flexibility index (Phi) is 3.98. The quantitative estimate of drug-likeness (QED) is 0.508. The van der Waals surface area contributed by atoms with Gasteiger partial charge in [-0.15, -0.1) is 0 Å². The minimum atomic E-state index is -0.792. The summed E-state index contributed by atoms with van der Waals surface area (Å²) in [6, 6.07) is 8.66. The molecule has 2 amide bonds. The molecule has 8 nitrogen and oxygen atoms in total. The summed E-state index contributed by atoms with van der Waals surface area (Å²) in [7, 11) is 0. The summed E-state index contributed by atoms with van der Waals surface area (Å²) in [5.74, 6) is 0.711. The van der Waals surface area contributed by atoms with Crippen molar-refractivity contribution in [2.24, 2.45) is 10.8 Å². The van der Waals surface area contributed by atoms with Gasteiger partial charge in [0.25, 0.3) is 5.69 Å². The highest BCUT2D eigenvalue weighted by Crippen LogP contribution is 2.30. The fourth-order valence-electron chi connectivity index (χ4n) is 1.71. The summed E-state index contributed by atoms with van der Waals surface area (Å²) in [4.78, 5) is 21.1. The number of benzene rings is 1. The van der Waals surface area contributed by atoms with E-state index >= 15 is 0 Å². The molecule has 0 atom stereocenters. The van der Waals surface area contributed by atoms with E-state index in [9.17, 15) is 14.9 Å². The van der Waals surface area contributed by atoms with Gasteiger partial charge < -0.3 is 10.2 Å². The molecule has 1 aromatic heterocycles. The molecule has 0 saturated carbocycles. The topological polar surface area (TPSA) is 124 Å². The van der Waals surface area contributed by atoms with Crippen LogP contribution in [0.4, 0.5) is 10.5 Å². The van der Waals surface area contributed by atoms with E-state index in [0.717, 1.165) is 0 Å². The zero-order valence-electron chi connectivity index (χ0n) is 11.1. The first-order chi connectivity index (χ1) is 9.99. The van der Waals surface area contributed by atoms with Crippen LogP contribution in [0.3, 0.4) is 0 Å². The van der Waals surface area contributed by atoms with Crippen molar-refractivity contribution in [3.05, 3.63) is 52.3 Å². The van der Waals surface area contributed by atoms with Crippen molar-refractivity contribution in [2.75, 3.05) is 0 Å². The second-order valence-electron chi connectivity index (χ2n) is 4.11. The number of hydrogen-bond donors (Lipinski definition) is 2. The molecule has 8 heteroatoms. The van der Waals surface area contributed by atoms with E-state index in [0.29, 0.717) is 22.8 Å². The van der Waals surface area contributed by atoms with Crippen molar-refractivity contribution < 1.29 is 14.1 Å². The van der Waals surface area contributed by atoms with Gasteiger partial charge in [0, 0.05) is 6.07 Å². The van der Waals surface area contributed by atoms with E-state index in [2.05, 4.69) is 10.5 Å². The smallest absolute Gasteiger partial charge is 0.332 e. The molecule has 1 aromatic carbocycles. The molecule has 2 rings (SSSR count). The van der Waals surface area contributed by atoms with Crippen molar-refractivity contribution in [1.29, 1.82) is 0 Å². The SMILES string of the molecule is CC(=NNC(N)=O)c1ccc(-c2ccccc2[N+](=O)[O-])o1. The molecule has 0 saturated heterocycles. The van der Waals surface area contributed by atoms with E-state index in [1.54, 1.807) is 37.3 Å². The van der Waals surface area contributed by atoms with Crippen LogP contribution in [0, 0.1) is 10.1 Å². The van der Waals surface area contributed by atoms with Gasteiger partial charge in [0.1, 0.15) is 11.5 Å². The van der Waals surface area contributed by atoms with Crippen molar-refractivity contribution in [1.82, 2.24) is 5.43 Å². The van der Waals surface area contributed by atoms with Gasteiger partial charge in [-0.25, -0.2) is 10.2 Å². The van der Waals surface area contributed by atoms with E-state index in [-0.39, 0.29) is 5.69 Å². The summed E-state index contributed by atoms with van der Waals surface area (Å²) in [6.07, 6.45) is 0. The van der Waals surface area contributed by atoms with Gasteiger partial charge in [-0.1, -0.05) is 12.1 Å². The van der Waals surface area contributed by atoms with Gasteiger partial charge in [0.05, 0.1) is 10.5 Å². The monoisotopic (exact) mass is 288 g/mol. The number of hydrazone groups is 1. The van der Waals surface area contributed by atoms with E-state index in [1.807, 2.05) is 0 Å². The van der Waals surface area contributed by atoms with Crippen LogP contribution in [0.5, 0.6) is 0 Å². The van der Waals surface area contributed by atoms with E-state index in [1.165, 1.54) is 6.07 Å². The number of nitrogens with two attached hydrogens (primary N) is 1. The lowest BCUT2D eigenvalue weighted by molar-refractivity contribution is -0.384.